The topological polar surface area (TPSA) is 73.8 Å². The molecule has 31 heavy (non-hydrogen) atoms. The molecule has 0 fully saturated rings. The molecule has 1 aliphatic rings. The van der Waals surface area contributed by atoms with E-state index in [1.807, 2.05) is 39.0 Å². The van der Waals surface area contributed by atoms with Crippen molar-refractivity contribution in [3.8, 4) is 11.8 Å². The molecule has 0 spiro atoms. The molecule has 0 N–H and O–H groups in total. The molecular weight excluding hydrogens is 408 g/mol. The first kappa shape index (κ1) is 22.5. The average Bonchev–Trinajstić information content (AvgIpc) is 2.71. The van der Waals surface area contributed by atoms with E-state index in [9.17, 15) is 13.6 Å². The molecule has 0 bridgehead atoms. The van der Waals surface area contributed by atoms with Crippen LogP contribution < -0.4 is 9.47 Å². The second-order valence-electron chi connectivity index (χ2n) is 7.94. The van der Waals surface area contributed by atoms with E-state index in [1.54, 1.807) is 17.0 Å². The number of rotatable bonds is 6. The Labute approximate surface area is 179 Å². The summed E-state index contributed by atoms with van der Waals surface area (Å²) < 4.78 is 40.1. The van der Waals surface area contributed by atoms with Gasteiger partial charge in [-0.1, -0.05) is 12.1 Å². The second-order valence-corrected chi connectivity index (χ2v) is 7.94. The van der Waals surface area contributed by atoms with E-state index in [0.717, 1.165) is 11.3 Å². The maximum Gasteiger partial charge on any atom is 0.410 e. The Kier molecular flexibility index (Phi) is 7.04. The van der Waals surface area contributed by atoms with E-state index in [-0.39, 0.29) is 18.6 Å². The van der Waals surface area contributed by atoms with Crippen LogP contribution in [0.4, 0.5) is 13.6 Å². The molecule has 0 saturated heterocycles. The summed E-state index contributed by atoms with van der Waals surface area (Å²) >= 11 is 0. The summed E-state index contributed by atoms with van der Waals surface area (Å²) in [4.78, 5) is 22.1. The third kappa shape index (κ3) is 6.91. The summed E-state index contributed by atoms with van der Waals surface area (Å²) in [5.41, 5.74) is 1.87. The van der Waals surface area contributed by atoms with E-state index in [0.29, 0.717) is 31.0 Å². The maximum atomic E-state index is 12.3. The first-order chi connectivity index (χ1) is 14.7. The smallest absolute Gasteiger partial charge is 0.410 e. The lowest BCUT2D eigenvalue weighted by atomic mass is 10.0. The first-order valence-electron chi connectivity index (χ1n) is 9.86. The van der Waals surface area contributed by atoms with Crippen molar-refractivity contribution in [2.24, 2.45) is 0 Å². The van der Waals surface area contributed by atoms with Crippen LogP contribution >= 0.6 is 0 Å². The highest BCUT2D eigenvalue weighted by molar-refractivity contribution is 5.72. The van der Waals surface area contributed by atoms with Gasteiger partial charge in [0, 0.05) is 31.4 Å². The summed E-state index contributed by atoms with van der Waals surface area (Å²) in [7, 11) is 0. The quantitative estimate of drug-likeness (QED) is 0.659. The van der Waals surface area contributed by atoms with Crippen molar-refractivity contribution in [1.29, 1.82) is 0 Å². The summed E-state index contributed by atoms with van der Waals surface area (Å²) in [6, 6.07) is 8.47. The highest BCUT2D eigenvalue weighted by Crippen LogP contribution is 2.24. The Bertz CT molecular complexity index is 944. The fourth-order valence-electron chi connectivity index (χ4n) is 2.92. The van der Waals surface area contributed by atoms with Gasteiger partial charge in [0.15, 0.2) is 0 Å². The van der Waals surface area contributed by atoms with Gasteiger partial charge in [0.1, 0.15) is 12.2 Å². The summed E-state index contributed by atoms with van der Waals surface area (Å²) in [6.07, 6.45) is 3.65. The molecule has 7 nitrogen and oxygen atoms in total. The molecule has 1 amide bonds. The Morgan fingerprint density at radius 1 is 1.23 bits per heavy atom. The Morgan fingerprint density at radius 3 is 2.71 bits per heavy atom. The highest BCUT2D eigenvalue weighted by Gasteiger charge is 2.24. The molecule has 3 heterocycles. The zero-order valence-electron chi connectivity index (χ0n) is 17.7. The number of amides is 1. The van der Waals surface area contributed by atoms with Crippen LogP contribution in [0.3, 0.4) is 0 Å². The summed E-state index contributed by atoms with van der Waals surface area (Å²) in [5.74, 6) is 0.237. The molecule has 2 aromatic heterocycles. The monoisotopic (exact) mass is 433 g/mol. The number of ether oxygens (including phenoxy) is 3. The minimum Gasteiger partial charge on any atom is -0.473 e. The van der Waals surface area contributed by atoms with E-state index >= 15 is 0 Å². The van der Waals surface area contributed by atoms with Crippen LogP contribution in [-0.2, 0) is 11.3 Å². The molecule has 2 aromatic rings. The minimum absolute atomic E-state index is 0.129. The van der Waals surface area contributed by atoms with E-state index in [2.05, 4.69) is 14.7 Å². The Morgan fingerprint density at radius 2 is 2.03 bits per heavy atom. The largest absolute Gasteiger partial charge is 0.473 e. The van der Waals surface area contributed by atoms with Gasteiger partial charge in [-0.15, -0.1) is 0 Å². The van der Waals surface area contributed by atoms with Gasteiger partial charge in [0.25, 0.3) is 0 Å². The molecule has 0 atom stereocenters. The Balaban J connectivity index is 1.60. The van der Waals surface area contributed by atoms with Gasteiger partial charge in [-0.05, 0) is 50.5 Å². The van der Waals surface area contributed by atoms with E-state index in [4.69, 9.17) is 9.47 Å². The van der Waals surface area contributed by atoms with Gasteiger partial charge < -0.3 is 19.1 Å². The maximum absolute atomic E-state index is 12.3. The van der Waals surface area contributed by atoms with Crippen LogP contribution in [0.5, 0.6) is 11.8 Å². The van der Waals surface area contributed by atoms with Gasteiger partial charge in [0.05, 0.1) is 5.69 Å². The van der Waals surface area contributed by atoms with Crippen LogP contribution in [0.15, 0.2) is 42.6 Å². The third-order valence-corrected chi connectivity index (χ3v) is 4.31. The van der Waals surface area contributed by atoms with Crippen molar-refractivity contribution < 1.29 is 27.8 Å². The van der Waals surface area contributed by atoms with Crippen molar-refractivity contribution in [2.75, 3.05) is 13.1 Å². The number of pyridine rings is 2. The molecule has 1 aliphatic heterocycles. The van der Waals surface area contributed by atoms with Crippen molar-refractivity contribution in [1.82, 2.24) is 14.9 Å². The zero-order valence-corrected chi connectivity index (χ0v) is 17.7. The number of aromatic nitrogens is 2. The van der Waals surface area contributed by atoms with Gasteiger partial charge >= 0.3 is 12.7 Å². The second kappa shape index (κ2) is 9.72. The lowest BCUT2D eigenvalue weighted by Crippen LogP contribution is -2.39. The van der Waals surface area contributed by atoms with E-state index < -0.39 is 12.2 Å². The van der Waals surface area contributed by atoms with Crippen molar-refractivity contribution in [3.05, 3.63) is 53.9 Å². The molecule has 0 aliphatic carbocycles. The molecule has 9 heteroatoms. The van der Waals surface area contributed by atoms with Gasteiger partial charge in [0.2, 0.25) is 11.8 Å². The number of alkyl halides is 2. The highest BCUT2D eigenvalue weighted by atomic mass is 19.3. The first-order valence-corrected chi connectivity index (χ1v) is 9.86. The molecule has 0 aromatic carbocycles. The van der Waals surface area contributed by atoms with Crippen LogP contribution in [0.25, 0.3) is 5.57 Å². The predicted octanol–water partition coefficient (Wildman–Crippen LogP) is 4.68. The molecule has 0 saturated carbocycles. The number of hydrogen-bond donors (Lipinski definition) is 0. The number of halogens is 2. The molecular formula is C22H25F2N3O4. The average molecular weight is 433 g/mol. The van der Waals surface area contributed by atoms with Crippen molar-refractivity contribution in [3.63, 3.8) is 0 Å². The summed E-state index contributed by atoms with van der Waals surface area (Å²) in [6.45, 7) is 3.69. The lowest BCUT2D eigenvalue weighted by Gasteiger charge is -2.29. The summed E-state index contributed by atoms with van der Waals surface area (Å²) in [5, 5.41) is 0. The van der Waals surface area contributed by atoms with Gasteiger partial charge in [-0.25, -0.2) is 14.8 Å². The molecule has 166 valence electrons. The van der Waals surface area contributed by atoms with E-state index in [1.165, 1.54) is 12.3 Å². The van der Waals surface area contributed by atoms with Gasteiger partial charge in [-0.3, -0.25) is 0 Å². The minimum atomic E-state index is -2.93. The standard InChI is InChI=1S/C22H25F2N3O4/c1-22(2,3)31-21(28)27-11-8-16(9-12-27)17-5-4-6-18(26-17)29-14-15-7-10-25-19(13-15)30-20(23)24/h4-8,10,13,20H,9,11-12,14H2,1-3H3. The van der Waals surface area contributed by atoms with Crippen LogP contribution in [0, 0.1) is 0 Å². The Hall–Kier alpha value is -3.23. The zero-order chi connectivity index (χ0) is 22.4. The number of carbonyl (C=O) groups excluding carboxylic acids is 1. The number of hydrogen-bond acceptors (Lipinski definition) is 6. The molecule has 0 unspecified atom stereocenters. The fraction of sp³-hybridized carbons (Fsp3) is 0.409. The third-order valence-electron chi connectivity index (χ3n) is 4.31. The van der Waals surface area contributed by atoms with Crippen molar-refractivity contribution >= 4 is 11.7 Å². The van der Waals surface area contributed by atoms with Crippen LogP contribution in [0.1, 0.15) is 38.4 Å². The van der Waals surface area contributed by atoms with Crippen molar-refractivity contribution in [2.45, 2.75) is 46.0 Å². The molecule has 3 rings (SSSR count). The number of carbonyl (C=O) groups is 1. The fourth-order valence-corrected chi connectivity index (χ4v) is 2.92. The normalized spacial score (nSPS) is 14.3. The van der Waals surface area contributed by atoms with Crippen LogP contribution in [-0.4, -0.2) is 46.3 Å². The van der Waals surface area contributed by atoms with Crippen LogP contribution in [0.2, 0.25) is 0 Å². The lowest BCUT2D eigenvalue weighted by molar-refractivity contribution is -0.0529. The number of nitrogens with zero attached hydrogens (tertiary/aromatic N) is 3. The van der Waals surface area contributed by atoms with Gasteiger partial charge in [-0.2, -0.15) is 8.78 Å². The molecule has 0 radical (unpaired) electrons. The SMILES string of the molecule is CC(C)(C)OC(=O)N1CC=C(c2cccc(OCc3ccnc(OC(F)F)c3)n2)CC1. The predicted molar refractivity (Wildman–Crippen MR) is 110 cm³/mol.